The van der Waals surface area contributed by atoms with E-state index >= 15 is 0 Å². The number of carbonyl (C=O) groups excluding carboxylic acids is 2. The highest BCUT2D eigenvalue weighted by Crippen LogP contribution is 2.03. The predicted molar refractivity (Wildman–Crippen MR) is 46.4 cm³/mol. The fourth-order valence-electron chi connectivity index (χ4n) is 0.797. The van der Waals surface area contributed by atoms with Gasteiger partial charge in [-0.05, 0) is 12.8 Å². The van der Waals surface area contributed by atoms with E-state index in [2.05, 4.69) is 0 Å². The molecule has 0 rings (SSSR count). The summed E-state index contributed by atoms with van der Waals surface area (Å²) in [4.78, 5) is 21.1. The minimum Gasteiger partial charge on any atom is -0.351 e. The number of nitrogens with one attached hydrogen (secondary N) is 1. The molecule has 0 atom stereocenters. The van der Waals surface area contributed by atoms with Gasteiger partial charge in [0, 0.05) is 6.08 Å². The smallest absolute Gasteiger partial charge is 0.319 e. The Hall–Kier alpha value is -1.32. The molecule has 0 aliphatic carbocycles. The highest BCUT2D eigenvalue weighted by molar-refractivity contribution is 6.00. The van der Waals surface area contributed by atoms with Crippen molar-refractivity contribution in [1.82, 2.24) is 5.32 Å². The molecule has 68 valence electrons. The summed E-state index contributed by atoms with van der Waals surface area (Å²) in [6.07, 6.45) is 3.02. The van der Waals surface area contributed by atoms with Gasteiger partial charge in [-0.15, -0.1) is 0 Å². The molecule has 0 unspecified atom stereocenters. The average Bonchev–Trinajstić information content (AvgIpc) is 1.98. The van der Waals surface area contributed by atoms with Gasteiger partial charge in [0.25, 0.3) is 5.91 Å². The lowest BCUT2D eigenvalue weighted by molar-refractivity contribution is -0.115. The van der Waals surface area contributed by atoms with E-state index in [1.54, 1.807) is 0 Å². The number of allylic oxidation sites excluding steroid dienone is 1. The number of amides is 3. The standard InChI is InChI=1S/C8H14N2O2/c1-3-6(4-2)5-7(11)10-8(9)12/h5H,3-4H2,1-2H3,(H3,9,10,11,12). The van der Waals surface area contributed by atoms with Crippen LogP contribution in [0.25, 0.3) is 0 Å². The fourth-order valence-corrected chi connectivity index (χ4v) is 0.797. The third kappa shape index (κ3) is 4.49. The molecule has 0 aliphatic rings. The molecule has 0 saturated heterocycles. The van der Waals surface area contributed by atoms with E-state index in [9.17, 15) is 9.59 Å². The first-order valence-corrected chi connectivity index (χ1v) is 3.90. The molecule has 0 saturated carbocycles. The summed E-state index contributed by atoms with van der Waals surface area (Å²) in [5, 5.41) is 1.97. The summed E-state index contributed by atoms with van der Waals surface area (Å²) in [6, 6.07) is -0.817. The van der Waals surface area contributed by atoms with Crippen LogP contribution in [0.3, 0.4) is 0 Å². The Morgan fingerprint density at radius 2 is 1.83 bits per heavy atom. The van der Waals surface area contributed by atoms with Crippen molar-refractivity contribution in [2.24, 2.45) is 5.73 Å². The Bertz CT molecular complexity index is 203. The largest absolute Gasteiger partial charge is 0.351 e. The molecule has 0 fully saturated rings. The van der Waals surface area contributed by atoms with E-state index in [-0.39, 0.29) is 0 Å². The van der Waals surface area contributed by atoms with Gasteiger partial charge in [0.2, 0.25) is 0 Å². The summed E-state index contributed by atoms with van der Waals surface area (Å²) < 4.78 is 0. The number of imide groups is 1. The second-order valence-electron chi connectivity index (χ2n) is 2.36. The maximum Gasteiger partial charge on any atom is 0.319 e. The van der Waals surface area contributed by atoms with E-state index in [1.807, 2.05) is 19.2 Å². The van der Waals surface area contributed by atoms with Crippen LogP contribution in [0, 0.1) is 0 Å². The summed E-state index contributed by atoms with van der Waals surface area (Å²) in [5.74, 6) is -0.443. The highest BCUT2D eigenvalue weighted by Gasteiger charge is 2.00. The molecule has 0 aromatic rings. The maximum atomic E-state index is 10.9. The lowest BCUT2D eigenvalue weighted by Crippen LogP contribution is -2.33. The highest BCUT2D eigenvalue weighted by atomic mass is 16.2. The first kappa shape index (κ1) is 10.7. The Morgan fingerprint density at radius 3 is 2.17 bits per heavy atom. The summed E-state index contributed by atoms with van der Waals surface area (Å²) in [6.45, 7) is 3.90. The third-order valence-electron chi connectivity index (χ3n) is 1.49. The minimum absolute atomic E-state index is 0.443. The van der Waals surface area contributed by atoms with Gasteiger partial charge >= 0.3 is 6.03 Å². The van der Waals surface area contributed by atoms with Crippen LogP contribution >= 0.6 is 0 Å². The van der Waals surface area contributed by atoms with Crippen LogP contribution in [0.15, 0.2) is 11.6 Å². The van der Waals surface area contributed by atoms with Gasteiger partial charge in [0.05, 0.1) is 0 Å². The van der Waals surface area contributed by atoms with E-state index in [1.165, 1.54) is 6.08 Å². The quantitative estimate of drug-likeness (QED) is 0.618. The van der Waals surface area contributed by atoms with E-state index < -0.39 is 11.9 Å². The maximum absolute atomic E-state index is 10.9. The minimum atomic E-state index is -0.817. The molecule has 0 radical (unpaired) electrons. The summed E-state index contributed by atoms with van der Waals surface area (Å²) >= 11 is 0. The molecular weight excluding hydrogens is 156 g/mol. The molecule has 12 heavy (non-hydrogen) atoms. The second-order valence-corrected chi connectivity index (χ2v) is 2.36. The molecule has 0 aromatic heterocycles. The Balaban J connectivity index is 4.11. The van der Waals surface area contributed by atoms with Crippen LogP contribution in [0.4, 0.5) is 4.79 Å². The third-order valence-corrected chi connectivity index (χ3v) is 1.49. The van der Waals surface area contributed by atoms with Crippen LogP contribution in [-0.2, 0) is 4.79 Å². The van der Waals surface area contributed by atoms with Crippen molar-refractivity contribution in [2.75, 3.05) is 0 Å². The van der Waals surface area contributed by atoms with E-state index in [0.717, 1.165) is 18.4 Å². The van der Waals surface area contributed by atoms with Crippen LogP contribution in [0.2, 0.25) is 0 Å². The van der Waals surface area contributed by atoms with Crippen LogP contribution in [0.5, 0.6) is 0 Å². The van der Waals surface area contributed by atoms with Gasteiger partial charge in [-0.25, -0.2) is 4.79 Å². The van der Waals surface area contributed by atoms with E-state index in [0.29, 0.717) is 0 Å². The van der Waals surface area contributed by atoms with Crippen molar-refractivity contribution in [3.05, 3.63) is 11.6 Å². The predicted octanol–water partition coefficient (Wildman–Crippen LogP) is 0.928. The van der Waals surface area contributed by atoms with Crippen molar-refractivity contribution < 1.29 is 9.59 Å². The first-order valence-electron chi connectivity index (χ1n) is 3.90. The Labute approximate surface area is 71.8 Å². The second kappa shape index (κ2) is 5.35. The zero-order chi connectivity index (χ0) is 9.56. The number of primary amides is 1. The monoisotopic (exact) mass is 170 g/mol. The topological polar surface area (TPSA) is 72.2 Å². The van der Waals surface area contributed by atoms with Crippen molar-refractivity contribution in [2.45, 2.75) is 26.7 Å². The molecule has 3 N–H and O–H groups in total. The van der Waals surface area contributed by atoms with Crippen molar-refractivity contribution in [1.29, 1.82) is 0 Å². The summed E-state index contributed by atoms with van der Waals surface area (Å²) in [7, 11) is 0. The molecule has 0 bridgehead atoms. The van der Waals surface area contributed by atoms with Crippen molar-refractivity contribution >= 4 is 11.9 Å². The molecule has 3 amide bonds. The summed E-state index contributed by atoms with van der Waals surface area (Å²) in [5.41, 5.74) is 5.75. The molecule has 0 spiro atoms. The average molecular weight is 170 g/mol. The number of hydrogen-bond donors (Lipinski definition) is 2. The Morgan fingerprint density at radius 1 is 1.33 bits per heavy atom. The van der Waals surface area contributed by atoms with Crippen molar-refractivity contribution in [3.63, 3.8) is 0 Å². The number of urea groups is 1. The zero-order valence-electron chi connectivity index (χ0n) is 7.39. The fraction of sp³-hybridized carbons (Fsp3) is 0.500. The van der Waals surface area contributed by atoms with Gasteiger partial charge in [0.1, 0.15) is 0 Å². The van der Waals surface area contributed by atoms with Gasteiger partial charge in [-0.2, -0.15) is 0 Å². The lowest BCUT2D eigenvalue weighted by Gasteiger charge is -1.99. The zero-order valence-corrected chi connectivity index (χ0v) is 7.39. The molecule has 0 aromatic carbocycles. The SMILES string of the molecule is CCC(=CC(=O)NC(N)=O)CC. The number of carbonyl (C=O) groups is 2. The number of nitrogens with two attached hydrogens (primary N) is 1. The number of rotatable bonds is 3. The lowest BCUT2D eigenvalue weighted by atomic mass is 10.1. The molecule has 0 heterocycles. The first-order chi connectivity index (χ1) is 5.60. The van der Waals surface area contributed by atoms with Gasteiger partial charge in [0.15, 0.2) is 0 Å². The normalized spacial score (nSPS) is 8.83. The molecule has 0 aliphatic heterocycles. The van der Waals surface area contributed by atoms with Crippen LogP contribution in [-0.4, -0.2) is 11.9 Å². The molecule has 4 heteroatoms. The van der Waals surface area contributed by atoms with Crippen molar-refractivity contribution in [3.8, 4) is 0 Å². The van der Waals surface area contributed by atoms with E-state index in [4.69, 9.17) is 5.73 Å². The Kier molecular flexibility index (Phi) is 4.76. The molecular formula is C8H14N2O2. The van der Waals surface area contributed by atoms with Gasteiger partial charge in [-0.3, -0.25) is 10.1 Å². The van der Waals surface area contributed by atoms with Gasteiger partial charge in [-0.1, -0.05) is 19.4 Å². The van der Waals surface area contributed by atoms with Crippen LogP contribution in [0.1, 0.15) is 26.7 Å². The van der Waals surface area contributed by atoms with Crippen LogP contribution < -0.4 is 11.1 Å². The molecule has 4 nitrogen and oxygen atoms in total. The van der Waals surface area contributed by atoms with Gasteiger partial charge < -0.3 is 5.73 Å². The number of hydrogen-bond acceptors (Lipinski definition) is 2.